The Morgan fingerprint density at radius 1 is 1.21 bits per heavy atom. The standard InChI is InChI=1S/C22H26BCl2NO8/c1-12(2)8-18(23-33-21(32)11-22(34-23,13(3)27)10-20(30)31)26-19(29)7-6-17(28)15-9-14(24)4-5-16(15)25/h4-5,9,12,18H,6-8,10-11H2,1-3H3,(H,26,29)(H,30,31)/t18-,22?/m0/s1. The number of aliphatic carboxylic acids is 1. The molecule has 34 heavy (non-hydrogen) atoms. The molecule has 1 unspecified atom stereocenters. The number of nitrogens with one attached hydrogen (secondary N) is 1. The molecule has 9 nitrogen and oxygen atoms in total. The second-order valence-corrected chi connectivity index (χ2v) is 9.47. The van der Waals surface area contributed by atoms with Crippen molar-refractivity contribution in [1.82, 2.24) is 5.32 Å². The van der Waals surface area contributed by atoms with Gasteiger partial charge in [0.1, 0.15) is 5.60 Å². The van der Waals surface area contributed by atoms with E-state index >= 15 is 0 Å². The predicted molar refractivity (Wildman–Crippen MR) is 125 cm³/mol. The summed E-state index contributed by atoms with van der Waals surface area (Å²) in [5.41, 5.74) is -1.68. The van der Waals surface area contributed by atoms with Crippen molar-refractivity contribution in [2.45, 2.75) is 64.4 Å². The molecule has 1 aromatic carbocycles. The Kier molecular flexibility index (Phi) is 9.67. The molecule has 12 heteroatoms. The molecule has 0 saturated carbocycles. The van der Waals surface area contributed by atoms with Crippen LogP contribution in [-0.2, 0) is 28.5 Å². The maximum atomic E-state index is 12.6. The Morgan fingerprint density at radius 2 is 1.88 bits per heavy atom. The number of rotatable bonds is 11. The molecule has 0 aromatic heterocycles. The first-order valence-electron chi connectivity index (χ1n) is 10.7. The average Bonchev–Trinajstić information content (AvgIpc) is 2.71. The average molecular weight is 514 g/mol. The highest BCUT2D eigenvalue weighted by Crippen LogP contribution is 2.30. The third-order valence-corrected chi connectivity index (χ3v) is 5.87. The zero-order valence-corrected chi connectivity index (χ0v) is 20.6. The van der Waals surface area contributed by atoms with Gasteiger partial charge in [-0.25, -0.2) is 0 Å². The summed E-state index contributed by atoms with van der Waals surface area (Å²) in [6.07, 6.45) is -1.29. The number of amides is 1. The van der Waals surface area contributed by atoms with Gasteiger partial charge in [0.15, 0.2) is 11.6 Å². The van der Waals surface area contributed by atoms with E-state index in [1.165, 1.54) is 12.1 Å². The number of hydrogen-bond acceptors (Lipinski definition) is 7. The molecule has 1 amide bonds. The summed E-state index contributed by atoms with van der Waals surface area (Å²) < 4.78 is 11.0. The van der Waals surface area contributed by atoms with Crippen molar-refractivity contribution < 1.29 is 38.4 Å². The summed E-state index contributed by atoms with van der Waals surface area (Å²) in [6, 6.07) is 4.45. The fourth-order valence-electron chi connectivity index (χ4n) is 3.63. The van der Waals surface area contributed by atoms with Crippen LogP contribution in [0.5, 0.6) is 0 Å². The molecule has 0 bridgehead atoms. The summed E-state index contributed by atoms with van der Waals surface area (Å²) in [5.74, 6) is -4.49. The lowest BCUT2D eigenvalue weighted by Gasteiger charge is -2.39. The van der Waals surface area contributed by atoms with Crippen LogP contribution in [-0.4, -0.2) is 53.2 Å². The maximum absolute atomic E-state index is 12.6. The van der Waals surface area contributed by atoms with Gasteiger partial charge < -0.3 is 19.7 Å². The third kappa shape index (κ3) is 7.54. The maximum Gasteiger partial charge on any atom is 0.552 e. The van der Waals surface area contributed by atoms with E-state index < -0.39 is 55.1 Å². The minimum atomic E-state index is -1.88. The van der Waals surface area contributed by atoms with Gasteiger partial charge in [0.25, 0.3) is 5.97 Å². The minimum absolute atomic E-state index is 0.0210. The first-order chi connectivity index (χ1) is 15.8. The lowest BCUT2D eigenvalue weighted by Crippen LogP contribution is -2.61. The molecule has 184 valence electrons. The van der Waals surface area contributed by atoms with Gasteiger partial charge >= 0.3 is 13.1 Å². The quantitative estimate of drug-likeness (QED) is 0.339. The zero-order valence-electron chi connectivity index (χ0n) is 19.1. The van der Waals surface area contributed by atoms with Gasteiger partial charge in [-0.05, 0) is 37.5 Å². The summed E-state index contributed by atoms with van der Waals surface area (Å²) in [7, 11) is -1.37. The first-order valence-corrected chi connectivity index (χ1v) is 11.5. The Hall–Kier alpha value is -2.43. The van der Waals surface area contributed by atoms with Crippen molar-refractivity contribution >= 4 is 59.7 Å². The smallest absolute Gasteiger partial charge is 0.508 e. The van der Waals surface area contributed by atoms with Crippen molar-refractivity contribution in [3.05, 3.63) is 33.8 Å². The number of carbonyl (C=O) groups excluding carboxylic acids is 4. The number of carbonyl (C=O) groups is 5. The van der Waals surface area contributed by atoms with Gasteiger partial charge in [0.05, 0.1) is 23.8 Å². The van der Waals surface area contributed by atoms with Crippen molar-refractivity contribution in [1.29, 1.82) is 0 Å². The fraction of sp³-hybridized carbons (Fsp3) is 0.500. The van der Waals surface area contributed by atoms with Gasteiger partial charge in [0.2, 0.25) is 5.91 Å². The van der Waals surface area contributed by atoms with E-state index in [4.69, 9.17) is 32.5 Å². The predicted octanol–water partition coefficient (Wildman–Crippen LogP) is 3.28. The monoisotopic (exact) mass is 513 g/mol. The fourth-order valence-corrected chi connectivity index (χ4v) is 4.03. The molecule has 2 atom stereocenters. The zero-order chi connectivity index (χ0) is 25.6. The highest BCUT2D eigenvalue weighted by atomic mass is 35.5. The van der Waals surface area contributed by atoms with Crippen molar-refractivity contribution in [2.75, 3.05) is 0 Å². The molecule has 1 aliphatic heterocycles. The summed E-state index contributed by atoms with van der Waals surface area (Å²) in [5, 5.41) is 12.5. The Labute approximate surface area is 207 Å². The second-order valence-electron chi connectivity index (χ2n) is 8.62. The number of carboxylic acids is 1. The van der Waals surface area contributed by atoms with Gasteiger partial charge in [-0.1, -0.05) is 37.0 Å². The third-order valence-electron chi connectivity index (χ3n) is 5.31. The molecule has 2 N–H and O–H groups in total. The largest absolute Gasteiger partial charge is 0.552 e. The van der Waals surface area contributed by atoms with Crippen LogP contribution in [0.2, 0.25) is 10.0 Å². The lowest BCUT2D eigenvalue weighted by atomic mass is 9.70. The SMILES string of the molecule is CC(=O)C1(CC(=O)O)CC(=O)OB([C@H](CC(C)C)NC(=O)CCC(=O)c2cc(Cl)ccc2Cl)O1. The van der Waals surface area contributed by atoms with Crippen LogP contribution in [0.1, 0.15) is 63.2 Å². The highest BCUT2D eigenvalue weighted by molar-refractivity contribution is 6.50. The molecule has 1 aromatic rings. The molecule has 1 fully saturated rings. The van der Waals surface area contributed by atoms with Gasteiger partial charge in [-0.15, -0.1) is 0 Å². The van der Waals surface area contributed by atoms with Crippen LogP contribution < -0.4 is 5.32 Å². The molecule has 2 rings (SSSR count). The number of ketones is 2. The van der Waals surface area contributed by atoms with Crippen LogP contribution in [0.4, 0.5) is 0 Å². The minimum Gasteiger partial charge on any atom is -0.508 e. The molecule has 0 radical (unpaired) electrons. The van der Waals surface area contributed by atoms with Crippen molar-refractivity contribution in [3.63, 3.8) is 0 Å². The molecular weight excluding hydrogens is 488 g/mol. The van der Waals surface area contributed by atoms with E-state index in [1.54, 1.807) is 6.07 Å². The number of carboxylic acid groups (broad SMARTS) is 1. The highest BCUT2D eigenvalue weighted by Gasteiger charge is 2.52. The van der Waals surface area contributed by atoms with Crippen LogP contribution in [0, 0.1) is 5.92 Å². The topological polar surface area (TPSA) is 136 Å². The van der Waals surface area contributed by atoms with E-state index in [-0.39, 0.29) is 35.1 Å². The van der Waals surface area contributed by atoms with Crippen LogP contribution in [0.15, 0.2) is 18.2 Å². The van der Waals surface area contributed by atoms with E-state index in [0.717, 1.165) is 6.92 Å². The van der Waals surface area contributed by atoms with E-state index in [0.29, 0.717) is 11.4 Å². The van der Waals surface area contributed by atoms with E-state index in [2.05, 4.69) is 5.32 Å². The molecule has 1 aliphatic rings. The Bertz CT molecular complexity index is 982. The van der Waals surface area contributed by atoms with Gasteiger partial charge in [-0.3, -0.25) is 24.0 Å². The van der Waals surface area contributed by atoms with Crippen LogP contribution >= 0.6 is 23.2 Å². The van der Waals surface area contributed by atoms with Crippen LogP contribution in [0.25, 0.3) is 0 Å². The normalized spacial score (nSPS) is 18.9. The van der Waals surface area contributed by atoms with E-state index in [1.807, 2.05) is 13.8 Å². The molecule has 0 aliphatic carbocycles. The lowest BCUT2D eigenvalue weighted by molar-refractivity contribution is -0.163. The molecule has 0 spiro atoms. The summed E-state index contributed by atoms with van der Waals surface area (Å²) in [6.45, 7) is 4.87. The Morgan fingerprint density at radius 3 is 2.47 bits per heavy atom. The number of Topliss-reactive ketones (excluding diaryl/α,β-unsaturated/α-hetero) is 2. The number of benzene rings is 1. The van der Waals surface area contributed by atoms with Crippen LogP contribution in [0.3, 0.4) is 0 Å². The first kappa shape index (κ1) is 27.8. The molecule has 1 heterocycles. The Balaban J connectivity index is 2.13. The second kappa shape index (κ2) is 11.8. The molecule has 1 saturated heterocycles. The number of hydrogen-bond donors (Lipinski definition) is 2. The van der Waals surface area contributed by atoms with Gasteiger partial charge in [-0.2, -0.15) is 0 Å². The van der Waals surface area contributed by atoms with Crippen molar-refractivity contribution in [3.8, 4) is 0 Å². The number of halogens is 2. The summed E-state index contributed by atoms with van der Waals surface area (Å²) in [4.78, 5) is 60.9. The van der Waals surface area contributed by atoms with Gasteiger partial charge in [0, 0.05) is 23.4 Å². The van der Waals surface area contributed by atoms with Crippen molar-refractivity contribution in [2.24, 2.45) is 5.92 Å². The summed E-state index contributed by atoms with van der Waals surface area (Å²) >= 11 is 11.9. The molecular formula is C22H26BCl2NO8. The van der Waals surface area contributed by atoms with E-state index in [9.17, 15) is 29.1 Å².